The van der Waals surface area contributed by atoms with E-state index in [9.17, 15) is 0 Å². The van der Waals surface area contributed by atoms with Gasteiger partial charge in [-0.05, 0) is 44.0 Å². The first kappa shape index (κ1) is 14.3. The van der Waals surface area contributed by atoms with Crippen LogP contribution in [-0.4, -0.2) is 6.54 Å². The van der Waals surface area contributed by atoms with Crippen LogP contribution in [-0.2, 0) is 6.42 Å². The minimum atomic E-state index is 0.358. The zero-order valence-electron chi connectivity index (χ0n) is 11.5. The Hall–Kier alpha value is -1.12. The standard InChI is InChI=1S/C17H20BrN/c1-12-7-13(2)9-14(8-12)10-15(11-19)16-5-3-4-6-17(16)18/h3-9,15H,10-11,19H2,1-2H3. The van der Waals surface area contributed by atoms with Gasteiger partial charge >= 0.3 is 0 Å². The maximum Gasteiger partial charge on any atom is 0.0210 e. The summed E-state index contributed by atoms with van der Waals surface area (Å²) >= 11 is 3.62. The molecule has 0 spiro atoms. The molecule has 0 saturated heterocycles. The van der Waals surface area contributed by atoms with Gasteiger partial charge in [0.15, 0.2) is 0 Å². The Morgan fingerprint density at radius 3 is 2.26 bits per heavy atom. The quantitative estimate of drug-likeness (QED) is 0.891. The second-order valence-electron chi connectivity index (χ2n) is 5.15. The van der Waals surface area contributed by atoms with E-state index >= 15 is 0 Å². The molecular weight excluding hydrogens is 298 g/mol. The summed E-state index contributed by atoms with van der Waals surface area (Å²) in [5.74, 6) is 0.358. The van der Waals surface area contributed by atoms with E-state index in [0.29, 0.717) is 12.5 Å². The summed E-state index contributed by atoms with van der Waals surface area (Å²) in [4.78, 5) is 0. The van der Waals surface area contributed by atoms with Crippen LogP contribution in [0.15, 0.2) is 46.9 Å². The van der Waals surface area contributed by atoms with Gasteiger partial charge in [0.25, 0.3) is 0 Å². The van der Waals surface area contributed by atoms with E-state index in [0.717, 1.165) is 10.9 Å². The highest BCUT2D eigenvalue weighted by atomic mass is 79.9. The van der Waals surface area contributed by atoms with Crippen molar-refractivity contribution >= 4 is 15.9 Å². The van der Waals surface area contributed by atoms with Crippen LogP contribution in [0.4, 0.5) is 0 Å². The Labute approximate surface area is 124 Å². The fraction of sp³-hybridized carbons (Fsp3) is 0.294. The molecule has 0 saturated carbocycles. The van der Waals surface area contributed by atoms with Gasteiger partial charge in [-0.25, -0.2) is 0 Å². The molecule has 0 heterocycles. The smallest absolute Gasteiger partial charge is 0.0210 e. The molecule has 2 heteroatoms. The fourth-order valence-corrected chi connectivity index (χ4v) is 3.21. The molecule has 2 rings (SSSR count). The average Bonchev–Trinajstić information content (AvgIpc) is 2.36. The van der Waals surface area contributed by atoms with Gasteiger partial charge in [0.2, 0.25) is 0 Å². The largest absolute Gasteiger partial charge is 0.330 e. The van der Waals surface area contributed by atoms with Crippen molar-refractivity contribution in [3.63, 3.8) is 0 Å². The number of hydrogen-bond acceptors (Lipinski definition) is 1. The molecule has 1 unspecified atom stereocenters. The first-order valence-corrected chi connectivity index (χ1v) is 7.41. The molecule has 0 aliphatic rings. The SMILES string of the molecule is Cc1cc(C)cc(CC(CN)c2ccccc2Br)c1. The second kappa shape index (κ2) is 6.36. The monoisotopic (exact) mass is 317 g/mol. The highest BCUT2D eigenvalue weighted by Crippen LogP contribution is 2.27. The Kier molecular flexibility index (Phi) is 4.78. The second-order valence-corrected chi connectivity index (χ2v) is 6.01. The number of hydrogen-bond donors (Lipinski definition) is 1. The zero-order chi connectivity index (χ0) is 13.8. The number of aryl methyl sites for hydroxylation is 2. The van der Waals surface area contributed by atoms with Crippen LogP contribution in [0.3, 0.4) is 0 Å². The lowest BCUT2D eigenvalue weighted by atomic mass is 9.91. The van der Waals surface area contributed by atoms with Crippen molar-refractivity contribution in [2.75, 3.05) is 6.54 Å². The number of nitrogens with two attached hydrogens (primary N) is 1. The summed E-state index contributed by atoms with van der Waals surface area (Å²) in [7, 11) is 0. The minimum absolute atomic E-state index is 0.358. The van der Waals surface area contributed by atoms with Crippen LogP contribution >= 0.6 is 15.9 Å². The normalized spacial score (nSPS) is 12.4. The molecule has 1 nitrogen and oxygen atoms in total. The maximum atomic E-state index is 5.98. The predicted molar refractivity (Wildman–Crippen MR) is 85.6 cm³/mol. The number of benzene rings is 2. The molecule has 19 heavy (non-hydrogen) atoms. The van der Waals surface area contributed by atoms with Crippen LogP contribution in [0.2, 0.25) is 0 Å². The third-order valence-electron chi connectivity index (χ3n) is 3.39. The molecule has 0 radical (unpaired) electrons. The Balaban J connectivity index is 2.26. The molecule has 0 aliphatic carbocycles. The van der Waals surface area contributed by atoms with Gasteiger partial charge in [0, 0.05) is 10.4 Å². The predicted octanol–water partition coefficient (Wildman–Crippen LogP) is 4.35. The molecule has 0 fully saturated rings. The third kappa shape index (κ3) is 3.68. The highest BCUT2D eigenvalue weighted by Gasteiger charge is 2.13. The molecular formula is C17H20BrN. The Bertz CT molecular complexity index is 543. The van der Waals surface area contributed by atoms with E-state index in [1.54, 1.807) is 0 Å². The van der Waals surface area contributed by atoms with Gasteiger partial charge in [0.05, 0.1) is 0 Å². The van der Waals surface area contributed by atoms with Crippen LogP contribution < -0.4 is 5.73 Å². The van der Waals surface area contributed by atoms with Gasteiger partial charge in [-0.1, -0.05) is 63.5 Å². The van der Waals surface area contributed by atoms with E-state index in [1.807, 2.05) is 6.07 Å². The fourth-order valence-electron chi connectivity index (χ4n) is 2.60. The Morgan fingerprint density at radius 1 is 1.05 bits per heavy atom. The number of rotatable bonds is 4. The Morgan fingerprint density at radius 2 is 1.68 bits per heavy atom. The van der Waals surface area contributed by atoms with E-state index in [4.69, 9.17) is 5.73 Å². The van der Waals surface area contributed by atoms with Crippen molar-refractivity contribution in [1.29, 1.82) is 0 Å². The van der Waals surface area contributed by atoms with E-state index < -0.39 is 0 Å². The molecule has 2 aromatic rings. The van der Waals surface area contributed by atoms with Crippen molar-refractivity contribution in [3.8, 4) is 0 Å². The molecule has 2 N–H and O–H groups in total. The maximum absolute atomic E-state index is 5.98. The highest BCUT2D eigenvalue weighted by molar-refractivity contribution is 9.10. The van der Waals surface area contributed by atoms with Gasteiger partial charge in [-0.2, -0.15) is 0 Å². The van der Waals surface area contributed by atoms with E-state index in [2.05, 4.69) is 66.2 Å². The first-order valence-electron chi connectivity index (χ1n) is 6.62. The molecule has 0 aromatic heterocycles. The summed E-state index contributed by atoms with van der Waals surface area (Å²) in [6.45, 7) is 4.95. The van der Waals surface area contributed by atoms with Crippen molar-refractivity contribution in [3.05, 3.63) is 69.2 Å². The van der Waals surface area contributed by atoms with Crippen LogP contribution in [0, 0.1) is 13.8 Å². The first-order chi connectivity index (χ1) is 9.10. The molecule has 1 atom stereocenters. The zero-order valence-corrected chi connectivity index (χ0v) is 13.1. The summed E-state index contributed by atoms with van der Waals surface area (Å²) in [6.07, 6.45) is 0.988. The molecule has 2 aromatic carbocycles. The van der Waals surface area contributed by atoms with E-state index in [1.165, 1.54) is 22.3 Å². The van der Waals surface area contributed by atoms with Crippen molar-refractivity contribution in [2.24, 2.45) is 5.73 Å². The molecule has 0 bridgehead atoms. The lowest BCUT2D eigenvalue weighted by Gasteiger charge is -2.17. The van der Waals surface area contributed by atoms with Gasteiger partial charge in [-0.3, -0.25) is 0 Å². The number of halogens is 1. The summed E-state index contributed by atoms with van der Waals surface area (Å²) in [5, 5.41) is 0. The topological polar surface area (TPSA) is 26.0 Å². The summed E-state index contributed by atoms with van der Waals surface area (Å²) in [6, 6.07) is 15.1. The van der Waals surface area contributed by atoms with Crippen molar-refractivity contribution in [2.45, 2.75) is 26.2 Å². The summed E-state index contributed by atoms with van der Waals surface area (Å²) < 4.78 is 1.15. The van der Waals surface area contributed by atoms with Crippen LogP contribution in [0.5, 0.6) is 0 Å². The molecule has 100 valence electrons. The van der Waals surface area contributed by atoms with Gasteiger partial charge < -0.3 is 5.73 Å². The van der Waals surface area contributed by atoms with Gasteiger partial charge in [0.1, 0.15) is 0 Å². The third-order valence-corrected chi connectivity index (χ3v) is 4.12. The lowest BCUT2D eigenvalue weighted by Crippen LogP contribution is -2.15. The molecule has 0 aliphatic heterocycles. The van der Waals surface area contributed by atoms with Crippen LogP contribution in [0.25, 0.3) is 0 Å². The van der Waals surface area contributed by atoms with Crippen LogP contribution in [0.1, 0.15) is 28.2 Å². The summed E-state index contributed by atoms with van der Waals surface area (Å²) in [5.41, 5.74) is 11.3. The molecule has 0 amide bonds. The van der Waals surface area contributed by atoms with E-state index in [-0.39, 0.29) is 0 Å². The van der Waals surface area contributed by atoms with Gasteiger partial charge in [-0.15, -0.1) is 0 Å². The lowest BCUT2D eigenvalue weighted by molar-refractivity contribution is 0.691. The van der Waals surface area contributed by atoms with Crippen molar-refractivity contribution < 1.29 is 0 Å². The average molecular weight is 318 g/mol. The minimum Gasteiger partial charge on any atom is -0.330 e. The van der Waals surface area contributed by atoms with Crippen molar-refractivity contribution in [1.82, 2.24) is 0 Å².